The number of rotatable bonds is 0. The molecule has 0 N–H and O–H groups in total. The van der Waals surface area contributed by atoms with Crippen molar-refractivity contribution in [3.63, 3.8) is 0 Å². The van der Waals surface area contributed by atoms with Gasteiger partial charge in [0, 0.05) is 0 Å². The Morgan fingerprint density at radius 2 is 1.08 bits per heavy atom. The lowest BCUT2D eigenvalue weighted by atomic mass is 9.84. The molecule has 0 aromatic carbocycles. The molecule has 2 rings (SSSR count). The number of fused-ring (bicyclic) bond motifs is 1. The summed E-state index contributed by atoms with van der Waals surface area (Å²) in [5.74, 6) is 5.29. The van der Waals surface area contributed by atoms with E-state index in [1.54, 1.807) is 0 Å². The minimum atomic E-state index is 0.985. The van der Waals surface area contributed by atoms with E-state index in [4.69, 9.17) is 0 Å². The van der Waals surface area contributed by atoms with E-state index < -0.39 is 0 Å². The predicted octanol–water partition coefficient (Wildman–Crippen LogP) is 3.71. The molecular weight excluding hydrogens is 144 g/mol. The molecule has 0 amide bonds. The van der Waals surface area contributed by atoms with Crippen molar-refractivity contribution >= 4 is 0 Å². The van der Waals surface area contributed by atoms with Gasteiger partial charge in [0.25, 0.3) is 0 Å². The molecule has 0 saturated heterocycles. The summed E-state index contributed by atoms with van der Waals surface area (Å²) in [5, 5.41) is 0. The van der Waals surface area contributed by atoms with Gasteiger partial charge in [-0.3, -0.25) is 0 Å². The number of hydrogen-bond donors (Lipinski definition) is 0. The van der Waals surface area contributed by atoms with Crippen molar-refractivity contribution in [3.05, 3.63) is 0 Å². The Morgan fingerprint density at radius 1 is 0.667 bits per heavy atom. The van der Waals surface area contributed by atoms with Crippen LogP contribution in [0.4, 0.5) is 0 Å². The lowest BCUT2D eigenvalue weighted by molar-refractivity contribution is 0.295. The van der Waals surface area contributed by atoms with Crippen LogP contribution in [0, 0.1) is 29.6 Å². The van der Waals surface area contributed by atoms with Crippen LogP contribution < -0.4 is 0 Å². The average molecular weight is 166 g/mol. The topological polar surface area (TPSA) is 0 Å². The molecule has 0 heterocycles. The smallest absolute Gasteiger partial charge is 0.0355 e. The highest BCUT2D eigenvalue weighted by atomic mass is 14.5. The Balaban J connectivity index is 1.92. The van der Waals surface area contributed by atoms with Crippen molar-refractivity contribution in [2.45, 2.75) is 46.5 Å². The summed E-state index contributed by atoms with van der Waals surface area (Å²) in [6.45, 7) is 7.34. The molecule has 5 atom stereocenters. The van der Waals surface area contributed by atoms with Gasteiger partial charge in [-0.2, -0.15) is 0 Å². The van der Waals surface area contributed by atoms with E-state index in [2.05, 4.69) is 20.8 Å². The molecule has 0 radical (unpaired) electrons. The third-order valence-corrected chi connectivity index (χ3v) is 4.64. The van der Waals surface area contributed by atoms with Crippen molar-refractivity contribution in [2.75, 3.05) is 0 Å². The Labute approximate surface area is 76.7 Å². The molecule has 2 aliphatic rings. The Hall–Kier alpha value is 0. The largest absolute Gasteiger partial charge is 0.0623 e. The lowest BCUT2D eigenvalue weighted by Crippen LogP contribution is -2.11. The lowest BCUT2D eigenvalue weighted by Gasteiger charge is -2.21. The highest BCUT2D eigenvalue weighted by Crippen LogP contribution is 2.54. The minimum absolute atomic E-state index is 0.985. The van der Waals surface area contributed by atoms with Crippen LogP contribution in [0.5, 0.6) is 0 Å². The predicted molar refractivity (Wildman–Crippen MR) is 52.9 cm³/mol. The van der Waals surface area contributed by atoms with Crippen molar-refractivity contribution in [1.29, 1.82) is 0 Å². The van der Waals surface area contributed by atoms with Crippen LogP contribution in [0.3, 0.4) is 0 Å². The molecule has 70 valence electrons. The van der Waals surface area contributed by atoms with Crippen LogP contribution in [-0.2, 0) is 0 Å². The molecule has 0 aromatic rings. The Bertz CT molecular complexity index is 135. The number of hydrogen-bond acceptors (Lipinski definition) is 0. The van der Waals surface area contributed by atoms with E-state index >= 15 is 0 Å². The van der Waals surface area contributed by atoms with Crippen molar-refractivity contribution in [1.82, 2.24) is 0 Å². The molecule has 0 heteroatoms. The van der Waals surface area contributed by atoms with E-state index in [1.165, 1.54) is 25.7 Å². The summed E-state index contributed by atoms with van der Waals surface area (Å²) in [6.07, 6.45) is 6.04. The standard InChI is InChI=1S/C12H22/c1-8-4-6-11-10(3)12(11)7-5-9(8)2/h8-12H,4-7H2,1-3H3/t8-,9+,10?,11?,12?. The van der Waals surface area contributed by atoms with Gasteiger partial charge in [0.15, 0.2) is 0 Å². The molecule has 2 aliphatic carbocycles. The highest BCUT2D eigenvalue weighted by Gasteiger charge is 2.46. The van der Waals surface area contributed by atoms with Crippen LogP contribution >= 0.6 is 0 Å². The summed E-state index contributed by atoms with van der Waals surface area (Å²) in [7, 11) is 0. The fourth-order valence-corrected chi connectivity index (χ4v) is 3.07. The zero-order chi connectivity index (χ0) is 8.72. The summed E-state index contributed by atoms with van der Waals surface area (Å²) in [5.41, 5.74) is 0. The van der Waals surface area contributed by atoms with Gasteiger partial charge in [-0.15, -0.1) is 0 Å². The van der Waals surface area contributed by atoms with Crippen molar-refractivity contribution in [3.8, 4) is 0 Å². The average Bonchev–Trinajstić information content (AvgIpc) is 2.65. The van der Waals surface area contributed by atoms with Gasteiger partial charge >= 0.3 is 0 Å². The maximum atomic E-state index is 2.45. The molecule has 0 bridgehead atoms. The van der Waals surface area contributed by atoms with Crippen molar-refractivity contribution < 1.29 is 0 Å². The van der Waals surface area contributed by atoms with E-state index in [0.717, 1.165) is 29.6 Å². The third-order valence-electron chi connectivity index (χ3n) is 4.64. The molecule has 0 spiro atoms. The summed E-state index contributed by atoms with van der Waals surface area (Å²) >= 11 is 0. The van der Waals surface area contributed by atoms with E-state index in [9.17, 15) is 0 Å². The minimum Gasteiger partial charge on any atom is -0.0623 e. The highest BCUT2D eigenvalue weighted by molar-refractivity contribution is 4.95. The zero-order valence-corrected chi connectivity index (χ0v) is 8.72. The molecular formula is C12H22. The first-order valence-corrected chi connectivity index (χ1v) is 5.70. The Morgan fingerprint density at radius 3 is 1.50 bits per heavy atom. The van der Waals surface area contributed by atoms with Crippen LogP contribution in [-0.4, -0.2) is 0 Å². The molecule has 12 heavy (non-hydrogen) atoms. The van der Waals surface area contributed by atoms with Crippen LogP contribution in [0.1, 0.15) is 46.5 Å². The first-order valence-electron chi connectivity index (χ1n) is 5.70. The maximum Gasteiger partial charge on any atom is -0.0355 e. The zero-order valence-electron chi connectivity index (χ0n) is 8.72. The fraction of sp³-hybridized carbons (Fsp3) is 1.00. The summed E-state index contributed by atoms with van der Waals surface area (Å²) in [4.78, 5) is 0. The molecule has 0 aromatic heterocycles. The first-order chi connectivity index (χ1) is 5.70. The van der Waals surface area contributed by atoms with Crippen LogP contribution in [0.25, 0.3) is 0 Å². The molecule has 2 fully saturated rings. The van der Waals surface area contributed by atoms with E-state index in [-0.39, 0.29) is 0 Å². The van der Waals surface area contributed by atoms with E-state index in [0.29, 0.717) is 0 Å². The Kier molecular flexibility index (Phi) is 2.18. The van der Waals surface area contributed by atoms with E-state index in [1.807, 2.05) is 0 Å². The quantitative estimate of drug-likeness (QED) is 0.514. The monoisotopic (exact) mass is 166 g/mol. The summed E-state index contributed by atoms with van der Waals surface area (Å²) in [6, 6.07) is 0. The van der Waals surface area contributed by atoms with Gasteiger partial charge in [0.1, 0.15) is 0 Å². The molecule has 2 saturated carbocycles. The molecule has 3 unspecified atom stereocenters. The van der Waals surface area contributed by atoms with Gasteiger partial charge in [0.2, 0.25) is 0 Å². The third kappa shape index (κ3) is 1.41. The first kappa shape index (κ1) is 8.59. The van der Waals surface area contributed by atoms with Crippen LogP contribution in [0.2, 0.25) is 0 Å². The SMILES string of the molecule is CC1C2CC[C@@H](C)[C@@H](C)CCC12. The summed E-state index contributed by atoms with van der Waals surface area (Å²) < 4.78 is 0. The molecule has 0 aliphatic heterocycles. The molecule has 0 nitrogen and oxygen atoms in total. The van der Waals surface area contributed by atoms with Gasteiger partial charge in [-0.1, -0.05) is 33.6 Å². The second-order valence-electron chi connectivity index (χ2n) is 5.30. The van der Waals surface area contributed by atoms with Gasteiger partial charge in [0.05, 0.1) is 0 Å². The van der Waals surface area contributed by atoms with Gasteiger partial charge < -0.3 is 0 Å². The normalized spacial score (nSPS) is 53.8. The van der Waals surface area contributed by atoms with Crippen LogP contribution in [0.15, 0.2) is 0 Å². The second-order valence-corrected chi connectivity index (χ2v) is 5.30. The van der Waals surface area contributed by atoms with Gasteiger partial charge in [-0.25, -0.2) is 0 Å². The maximum absolute atomic E-state index is 2.45. The van der Waals surface area contributed by atoms with Gasteiger partial charge in [-0.05, 0) is 42.4 Å². The second kappa shape index (κ2) is 3.05. The van der Waals surface area contributed by atoms with Crippen molar-refractivity contribution in [2.24, 2.45) is 29.6 Å². The fourth-order valence-electron chi connectivity index (χ4n) is 3.07.